The summed E-state index contributed by atoms with van der Waals surface area (Å²) in [5.74, 6) is -0.0403. The standard InChI is InChI=1S/C13H13N3OS/c1-2-5-15-12(17)8-11-9-18-13(16-11)10-3-6-14-7-4-10/h2-4,6-7,9H,1,5,8H2,(H,15,17). The van der Waals surface area contributed by atoms with E-state index < -0.39 is 0 Å². The van der Waals surface area contributed by atoms with Crippen molar-refractivity contribution in [1.82, 2.24) is 15.3 Å². The maximum Gasteiger partial charge on any atom is 0.226 e. The lowest BCUT2D eigenvalue weighted by atomic mass is 10.3. The molecule has 92 valence electrons. The molecule has 0 saturated carbocycles. The summed E-state index contributed by atoms with van der Waals surface area (Å²) in [6.45, 7) is 4.04. The third-order valence-corrected chi connectivity index (χ3v) is 3.20. The van der Waals surface area contributed by atoms with E-state index in [9.17, 15) is 4.79 Å². The van der Waals surface area contributed by atoms with E-state index in [0.29, 0.717) is 13.0 Å². The zero-order valence-electron chi connectivity index (χ0n) is 9.80. The van der Waals surface area contributed by atoms with E-state index in [0.717, 1.165) is 16.3 Å². The Morgan fingerprint density at radius 3 is 2.94 bits per heavy atom. The normalized spacial score (nSPS) is 10.0. The van der Waals surface area contributed by atoms with E-state index in [1.54, 1.807) is 18.5 Å². The van der Waals surface area contributed by atoms with E-state index in [4.69, 9.17) is 0 Å². The molecule has 1 N–H and O–H groups in total. The van der Waals surface area contributed by atoms with Gasteiger partial charge in [-0.2, -0.15) is 0 Å². The number of thiazole rings is 1. The summed E-state index contributed by atoms with van der Waals surface area (Å²) in [4.78, 5) is 19.9. The average Bonchev–Trinajstić information content (AvgIpc) is 2.86. The molecule has 5 heteroatoms. The fourth-order valence-corrected chi connectivity index (χ4v) is 2.25. The number of nitrogens with zero attached hydrogens (tertiary/aromatic N) is 2. The highest BCUT2D eigenvalue weighted by Crippen LogP contribution is 2.22. The lowest BCUT2D eigenvalue weighted by Crippen LogP contribution is -2.25. The van der Waals surface area contributed by atoms with Gasteiger partial charge in [-0.3, -0.25) is 9.78 Å². The first-order valence-corrected chi connectivity index (χ1v) is 6.40. The predicted octanol–water partition coefficient (Wildman–Crippen LogP) is 2.05. The highest BCUT2D eigenvalue weighted by molar-refractivity contribution is 7.13. The number of amides is 1. The molecule has 2 aromatic heterocycles. The molecule has 2 aromatic rings. The Morgan fingerprint density at radius 2 is 2.22 bits per heavy atom. The zero-order valence-corrected chi connectivity index (χ0v) is 10.6. The van der Waals surface area contributed by atoms with Crippen LogP contribution in [0, 0.1) is 0 Å². The molecule has 0 bridgehead atoms. The summed E-state index contributed by atoms with van der Waals surface area (Å²) in [6.07, 6.45) is 5.41. The summed E-state index contributed by atoms with van der Waals surface area (Å²) in [6, 6.07) is 3.81. The predicted molar refractivity (Wildman–Crippen MR) is 72.3 cm³/mol. The van der Waals surface area contributed by atoms with Crippen LogP contribution >= 0.6 is 11.3 Å². The molecular weight excluding hydrogens is 246 g/mol. The maximum atomic E-state index is 11.5. The molecule has 2 rings (SSSR count). The van der Waals surface area contributed by atoms with Gasteiger partial charge in [-0.05, 0) is 12.1 Å². The van der Waals surface area contributed by atoms with Crippen LogP contribution < -0.4 is 5.32 Å². The minimum Gasteiger partial charge on any atom is -0.352 e. The molecule has 0 aromatic carbocycles. The fourth-order valence-electron chi connectivity index (χ4n) is 1.43. The van der Waals surface area contributed by atoms with Crippen LogP contribution in [0.2, 0.25) is 0 Å². The number of carbonyl (C=O) groups is 1. The van der Waals surface area contributed by atoms with Crippen molar-refractivity contribution >= 4 is 17.2 Å². The highest BCUT2D eigenvalue weighted by Gasteiger charge is 2.08. The van der Waals surface area contributed by atoms with Crippen molar-refractivity contribution in [2.75, 3.05) is 6.54 Å². The Hall–Kier alpha value is -2.01. The molecule has 0 radical (unpaired) electrons. The first kappa shape index (κ1) is 12.4. The second-order valence-electron chi connectivity index (χ2n) is 3.65. The van der Waals surface area contributed by atoms with Crippen molar-refractivity contribution in [2.45, 2.75) is 6.42 Å². The van der Waals surface area contributed by atoms with Gasteiger partial charge in [-0.25, -0.2) is 4.98 Å². The molecular formula is C13H13N3OS. The van der Waals surface area contributed by atoms with Crippen LogP contribution in [0.4, 0.5) is 0 Å². The molecule has 0 aliphatic heterocycles. The second-order valence-corrected chi connectivity index (χ2v) is 4.51. The number of carbonyl (C=O) groups excluding carboxylic acids is 1. The summed E-state index contributed by atoms with van der Waals surface area (Å²) in [5, 5.41) is 5.54. The minimum absolute atomic E-state index is 0.0403. The van der Waals surface area contributed by atoms with Gasteiger partial charge in [0, 0.05) is 29.9 Å². The lowest BCUT2D eigenvalue weighted by Gasteiger charge is -1.99. The highest BCUT2D eigenvalue weighted by atomic mass is 32.1. The molecule has 4 nitrogen and oxygen atoms in total. The van der Waals surface area contributed by atoms with Crippen molar-refractivity contribution in [1.29, 1.82) is 0 Å². The Bertz CT molecular complexity index is 536. The fraction of sp³-hybridized carbons (Fsp3) is 0.154. The van der Waals surface area contributed by atoms with E-state index >= 15 is 0 Å². The minimum atomic E-state index is -0.0403. The van der Waals surface area contributed by atoms with Crippen LogP contribution in [0.25, 0.3) is 10.6 Å². The number of aromatic nitrogens is 2. The van der Waals surface area contributed by atoms with Crippen molar-refractivity contribution in [3.05, 3.63) is 48.3 Å². The van der Waals surface area contributed by atoms with Crippen molar-refractivity contribution < 1.29 is 4.79 Å². The molecule has 0 aliphatic rings. The monoisotopic (exact) mass is 259 g/mol. The summed E-state index contributed by atoms with van der Waals surface area (Å²) < 4.78 is 0. The quantitative estimate of drug-likeness (QED) is 0.836. The summed E-state index contributed by atoms with van der Waals surface area (Å²) in [7, 11) is 0. The molecule has 0 saturated heterocycles. The lowest BCUT2D eigenvalue weighted by molar-refractivity contribution is -0.120. The number of pyridine rings is 1. The van der Waals surface area contributed by atoms with E-state index in [1.807, 2.05) is 17.5 Å². The van der Waals surface area contributed by atoms with Crippen molar-refractivity contribution in [3.8, 4) is 10.6 Å². The Labute approximate surface area is 109 Å². The molecule has 18 heavy (non-hydrogen) atoms. The molecule has 0 atom stereocenters. The van der Waals surface area contributed by atoms with Crippen LogP contribution in [0.3, 0.4) is 0 Å². The van der Waals surface area contributed by atoms with E-state index in [-0.39, 0.29) is 5.91 Å². The van der Waals surface area contributed by atoms with Crippen molar-refractivity contribution in [3.63, 3.8) is 0 Å². The smallest absolute Gasteiger partial charge is 0.226 e. The Kier molecular flexibility index (Phi) is 4.20. The average molecular weight is 259 g/mol. The first-order valence-electron chi connectivity index (χ1n) is 5.52. The largest absolute Gasteiger partial charge is 0.352 e. The topological polar surface area (TPSA) is 54.9 Å². The van der Waals surface area contributed by atoms with Gasteiger partial charge in [0.2, 0.25) is 5.91 Å². The van der Waals surface area contributed by atoms with Gasteiger partial charge in [0.1, 0.15) is 5.01 Å². The number of nitrogens with one attached hydrogen (secondary N) is 1. The molecule has 0 unspecified atom stereocenters. The van der Waals surface area contributed by atoms with Gasteiger partial charge in [-0.1, -0.05) is 6.08 Å². The van der Waals surface area contributed by atoms with E-state index in [2.05, 4.69) is 21.9 Å². The molecule has 0 aliphatic carbocycles. The van der Waals surface area contributed by atoms with Crippen LogP contribution in [-0.4, -0.2) is 22.4 Å². The van der Waals surface area contributed by atoms with Gasteiger partial charge >= 0.3 is 0 Å². The van der Waals surface area contributed by atoms with Gasteiger partial charge in [0.05, 0.1) is 12.1 Å². The Balaban J connectivity index is 2.02. The summed E-state index contributed by atoms with van der Waals surface area (Å²) in [5.41, 5.74) is 1.81. The SMILES string of the molecule is C=CCNC(=O)Cc1csc(-c2ccncc2)n1. The van der Waals surface area contributed by atoms with Crippen LogP contribution in [0.15, 0.2) is 42.6 Å². The zero-order chi connectivity index (χ0) is 12.8. The van der Waals surface area contributed by atoms with Crippen LogP contribution in [-0.2, 0) is 11.2 Å². The van der Waals surface area contributed by atoms with Gasteiger partial charge < -0.3 is 5.32 Å². The summed E-state index contributed by atoms with van der Waals surface area (Å²) >= 11 is 1.53. The van der Waals surface area contributed by atoms with E-state index in [1.165, 1.54) is 11.3 Å². The van der Waals surface area contributed by atoms with Crippen LogP contribution in [0.5, 0.6) is 0 Å². The van der Waals surface area contributed by atoms with Gasteiger partial charge in [0.25, 0.3) is 0 Å². The van der Waals surface area contributed by atoms with Gasteiger partial charge in [0.15, 0.2) is 0 Å². The first-order chi connectivity index (χ1) is 8.79. The number of hydrogen-bond acceptors (Lipinski definition) is 4. The molecule has 0 fully saturated rings. The molecule has 0 spiro atoms. The maximum absolute atomic E-state index is 11.5. The third-order valence-electron chi connectivity index (χ3n) is 2.26. The molecule has 2 heterocycles. The molecule has 1 amide bonds. The van der Waals surface area contributed by atoms with Crippen molar-refractivity contribution in [2.24, 2.45) is 0 Å². The Morgan fingerprint density at radius 1 is 1.44 bits per heavy atom. The number of hydrogen-bond donors (Lipinski definition) is 1. The third kappa shape index (κ3) is 3.24. The van der Waals surface area contributed by atoms with Crippen LogP contribution in [0.1, 0.15) is 5.69 Å². The number of rotatable bonds is 5. The van der Waals surface area contributed by atoms with Gasteiger partial charge in [-0.15, -0.1) is 17.9 Å². The second kappa shape index (κ2) is 6.07.